The van der Waals surface area contributed by atoms with Gasteiger partial charge in [-0.3, -0.25) is 4.79 Å². The SMILES string of the molecule is Cc1c(C(=O)O)sc(NC(=O)c2nn3c(C(F)(F)F)cc(-c4cccs4)nc3c2Cl)c1C(=O)O. The largest absolute Gasteiger partial charge is 0.478 e. The number of hydrogen-bond donors (Lipinski definition) is 3. The number of carbonyl (C=O) groups is 3. The zero-order chi connectivity index (χ0) is 24.9. The summed E-state index contributed by atoms with van der Waals surface area (Å²) in [5.74, 6) is -4.04. The lowest BCUT2D eigenvalue weighted by Crippen LogP contribution is -2.16. The summed E-state index contributed by atoms with van der Waals surface area (Å²) < 4.78 is 41.6. The van der Waals surface area contributed by atoms with Crippen LogP contribution in [-0.4, -0.2) is 42.7 Å². The van der Waals surface area contributed by atoms with E-state index in [0.717, 1.165) is 17.4 Å². The highest BCUT2D eigenvalue weighted by Crippen LogP contribution is 2.37. The van der Waals surface area contributed by atoms with Crippen LogP contribution < -0.4 is 5.32 Å². The second kappa shape index (κ2) is 8.38. The molecular weight excluding hydrogens is 521 g/mol. The number of thiophene rings is 2. The molecule has 0 saturated heterocycles. The Morgan fingerprint density at radius 3 is 2.47 bits per heavy atom. The van der Waals surface area contributed by atoms with Gasteiger partial charge in [-0.25, -0.2) is 19.1 Å². The van der Waals surface area contributed by atoms with Crippen LogP contribution in [0.5, 0.6) is 0 Å². The van der Waals surface area contributed by atoms with Crippen LogP contribution in [0.4, 0.5) is 18.2 Å². The molecule has 4 rings (SSSR count). The monoisotopic (exact) mass is 530 g/mol. The number of nitrogens with one attached hydrogen (secondary N) is 1. The Hall–Kier alpha value is -3.49. The van der Waals surface area contributed by atoms with Gasteiger partial charge in [-0.1, -0.05) is 17.7 Å². The zero-order valence-electron chi connectivity index (χ0n) is 16.6. The van der Waals surface area contributed by atoms with E-state index in [9.17, 15) is 37.8 Å². The fraction of sp³-hybridized carbons (Fsp3) is 0.105. The summed E-state index contributed by atoms with van der Waals surface area (Å²) in [6.45, 7) is 1.25. The number of nitrogens with zero attached hydrogens (tertiary/aromatic N) is 3. The number of fused-ring (bicyclic) bond motifs is 1. The number of carbonyl (C=O) groups excluding carboxylic acids is 1. The van der Waals surface area contributed by atoms with Crippen molar-refractivity contribution < 1.29 is 37.8 Å². The van der Waals surface area contributed by atoms with Crippen molar-refractivity contribution in [1.29, 1.82) is 0 Å². The third-order valence-corrected chi connectivity index (χ3v) is 7.03. The number of hydrogen-bond acceptors (Lipinski definition) is 7. The molecule has 1 amide bonds. The molecule has 0 atom stereocenters. The van der Waals surface area contributed by atoms with Crippen molar-refractivity contribution in [1.82, 2.24) is 14.6 Å². The first-order chi connectivity index (χ1) is 15.9. The lowest BCUT2D eigenvalue weighted by atomic mass is 10.1. The molecule has 0 bridgehead atoms. The molecule has 0 saturated carbocycles. The first kappa shape index (κ1) is 23.7. The van der Waals surface area contributed by atoms with E-state index in [1.165, 1.54) is 6.92 Å². The molecule has 0 aliphatic carbocycles. The molecule has 9 nitrogen and oxygen atoms in total. The average molecular weight is 531 g/mol. The Balaban J connectivity index is 1.84. The quantitative estimate of drug-likeness (QED) is 0.325. The fourth-order valence-corrected chi connectivity index (χ4v) is 5.08. The van der Waals surface area contributed by atoms with Crippen molar-refractivity contribution in [3.8, 4) is 10.6 Å². The number of aromatic carboxylic acids is 2. The van der Waals surface area contributed by atoms with Gasteiger partial charge in [0.25, 0.3) is 5.91 Å². The summed E-state index contributed by atoms with van der Waals surface area (Å²) >= 11 is 7.82. The molecule has 4 aromatic heterocycles. The normalized spacial score (nSPS) is 11.7. The number of alkyl halides is 3. The van der Waals surface area contributed by atoms with E-state index >= 15 is 0 Å². The summed E-state index contributed by atoms with van der Waals surface area (Å²) in [4.78, 5) is 40.0. The number of anilines is 1. The van der Waals surface area contributed by atoms with Crippen molar-refractivity contribution >= 4 is 62.8 Å². The number of rotatable bonds is 5. The van der Waals surface area contributed by atoms with Crippen LogP contribution >= 0.6 is 34.3 Å². The van der Waals surface area contributed by atoms with Crippen LogP contribution in [-0.2, 0) is 6.18 Å². The smallest absolute Gasteiger partial charge is 0.433 e. The Morgan fingerprint density at radius 2 is 1.91 bits per heavy atom. The number of amides is 1. The summed E-state index contributed by atoms with van der Waals surface area (Å²) in [6.07, 6.45) is -4.87. The summed E-state index contributed by atoms with van der Waals surface area (Å²) in [5.41, 5.74) is -2.91. The molecule has 0 aromatic carbocycles. The lowest BCUT2D eigenvalue weighted by molar-refractivity contribution is -0.142. The van der Waals surface area contributed by atoms with Gasteiger partial charge < -0.3 is 15.5 Å². The predicted octanol–water partition coefficient (Wildman–Crippen LogP) is 5.15. The van der Waals surface area contributed by atoms with Gasteiger partial charge in [0.1, 0.15) is 14.9 Å². The number of halogens is 4. The molecule has 0 radical (unpaired) electrons. The number of carboxylic acid groups (broad SMARTS) is 2. The minimum Gasteiger partial charge on any atom is -0.478 e. The summed E-state index contributed by atoms with van der Waals surface area (Å²) in [7, 11) is 0. The highest BCUT2D eigenvalue weighted by Gasteiger charge is 2.37. The molecule has 0 aliphatic rings. The van der Waals surface area contributed by atoms with E-state index in [-0.39, 0.29) is 21.1 Å². The van der Waals surface area contributed by atoms with Crippen LogP contribution in [0.15, 0.2) is 23.6 Å². The molecule has 34 heavy (non-hydrogen) atoms. The maximum Gasteiger partial charge on any atom is 0.433 e. The second-order valence-electron chi connectivity index (χ2n) is 6.72. The molecular formula is C19H10ClF3N4O5S2. The molecule has 0 fully saturated rings. The van der Waals surface area contributed by atoms with E-state index in [2.05, 4.69) is 15.4 Å². The van der Waals surface area contributed by atoms with Crippen molar-refractivity contribution in [3.05, 3.63) is 56.0 Å². The van der Waals surface area contributed by atoms with Crippen molar-refractivity contribution in [2.75, 3.05) is 5.32 Å². The van der Waals surface area contributed by atoms with Gasteiger partial charge in [0, 0.05) is 0 Å². The maximum atomic E-state index is 13.7. The van der Waals surface area contributed by atoms with Gasteiger partial charge in [0.2, 0.25) is 0 Å². The van der Waals surface area contributed by atoms with E-state index in [1.54, 1.807) is 17.5 Å². The molecule has 3 N–H and O–H groups in total. The minimum absolute atomic E-state index is 0.0308. The Bertz CT molecular complexity index is 1480. The van der Waals surface area contributed by atoms with Gasteiger partial charge in [-0.05, 0) is 30.0 Å². The van der Waals surface area contributed by atoms with E-state index in [4.69, 9.17) is 11.6 Å². The van der Waals surface area contributed by atoms with Crippen LogP contribution in [0.2, 0.25) is 5.02 Å². The van der Waals surface area contributed by atoms with E-state index < -0.39 is 51.6 Å². The maximum absolute atomic E-state index is 13.7. The number of aromatic nitrogens is 3. The first-order valence-electron chi connectivity index (χ1n) is 9.01. The topological polar surface area (TPSA) is 134 Å². The Morgan fingerprint density at radius 1 is 1.21 bits per heavy atom. The third kappa shape index (κ3) is 3.99. The van der Waals surface area contributed by atoms with Crippen LogP contribution in [0.3, 0.4) is 0 Å². The zero-order valence-corrected chi connectivity index (χ0v) is 19.0. The minimum atomic E-state index is -4.87. The second-order valence-corrected chi connectivity index (χ2v) is 9.07. The van der Waals surface area contributed by atoms with Gasteiger partial charge in [-0.2, -0.15) is 18.3 Å². The van der Waals surface area contributed by atoms with Crippen LogP contribution in [0.25, 0.3) is 16.2 Å². The van der Waals surface area contributed by atoms with Crippen molar-refractivity contribution in [2.24, 2.45) is 0 Å². The average Bonchev–Trinajstić information content (AvgIpc) is 3.45. The van der Waals surface area contributed by atoms with Gasteiger partial charge in [-0.15, -0.1) is 22.7 Å². The standard InChI is InChI=1S/C19H10ClF3N4O5S2/c1-6-10(17(29)30)16(34-13(6)18(31)32)25-15(28)12-11(20)14-24-7(8-3-2-4-33-8)5-9(19(21,22)23)27(14)26-12/h2-5H,1H3,(H,25,28)(H,29,30)(H,31,32). The highest BCUT2D eigenvalue weighted by molar-refractivity contribution is 7.18. The van der Waals surface area contributed by atoms with Gasteiger partial charge in [0.05, 0.1) is 16.1 Å². The summed E-state index contributed by atoms with van der Waals surface area (Å²) in [5, 5.41) is 25.4. The fourth-order valence-electron chi connectivity index (χ4n) is 3.11. The molecule has 176 valence electrons. The lowest BCUT2D eigenvalue weighted by Gasteiger charge is -2.10. The molecule has 4 aromatic rings. The predicted molar refractivity (Wildman–Crippen MR) is 117 cm³/mol. The third-order valence-electron chi connectivity index (χ3n) is 4.59. The van der Waals surface area contributed by atoms with Crippen LogP contribution in [0.1, 0.15) is 41.8 Å². The Kier molecular flexibility index (Phi) is 5.83. The van der Waals surface area contributed by atoms with Gasteiger partial charge in [0.15, 0.2) is 17.0 Å². The molecule has 4 heterocycles. The molecule has 0 spiro atoms. The highest BCUT2D eigenvalue weighted by atomic mass is 35.5. The number of carboxylic acids is 2. The molecule has 0 unspecified atom stereocenters. The molecule has 0 aliphatic heterocycles. The first-order valence-corrected chi connectivity index (χ1v) is 11.1. The molecule has 15 heteroatoms. The van der Waals surface area contributed by atoms with Crippen LogP contribution in [0, 0.1) is 6.92 Å². The van der Waals surface area contributed by atoms with Gasteiger partial charge >= 0.3 is 18.1 Å². The van der Waals surface area contributed by atoms with E-state index in [1.807, 2.05) is 0 Å². The van der Waals surface area contributed by atoms with Crippen molar-refractivity contribution in [2.45, 2.75) is 13.1 Å². The van der Waals surface area contributed by atoms with Crippen molar-refractivity contribution in [3.63, 3.8) is 0 Å². The Labute approximate surface area is 200 Å². The van der Waals surface area contributed by atoms with E-state index in [0.29, 0.717) is 20.7 Å². The summed E-state index contributed by atoms with van der Waals surface area (Å²) in [6, 6.07) is 3.97.